The molecule has 3 amide bonds. The van der Waals surface area contributed by atoms with Crippen LogP contribution in [0.4, 0.5) is 4.79 Å². The van der Waals surface area contributed by atoms with Gasteiger partial charge in [0.25, 0.3) is 0 Å². The van der Waals surface area contributed by atoms with E-state index in [1.165, 1.54) is 6.42 Å². The van der Waals surface area contributed by atoms with Crippen LogP contribution in [0.2, 0.25) is 0 Å². The van der Waals surface area contributed by atoms with Gasteiger partial charge in [0, 0.05) is 19.5 Å². The molecule has 0 aliphatic heterocycles. The Morgan fingerprint density at radius 1 is 0.917 bits per heavy atom. The van der Waals surface area contributed by atoms with E-state index in [9.17, 15) is 14.4 Å². The highest BCUT2D eigenvalue weighted by Gasteiger charge is 2.21. The van der Waals surface area contributed by atoms with E-state index < -0.39 is 23.9 Å². The number of carbonyl (C=O) groups is 3. The Bertz CT molecular complexity index is 632. The molecule has 10 nitrogen and oxygen atoms in total. The van der Waals surface area contributed by atoms with Crippen molar-refractivity contribution in [3.05, 3.63) is 35.9 Å². The first kappa shape index (κ1) is 37.9. The summed E-state index contributed by atoms with van der Waals surface area (Å²) in [6.45, 7) is 14.5. The summed E-state index contributed by atoms with van der Waals surface area (Å²) in [4.78, 5) is 35.3. The van der Waals surface area contributed by atoms with E-state index in [0.717, 1.165) is 5.56 Å². The van der Waals surface area contributed by atoms with Crippen molar-refractivity contribution in [1.29, 1.82) is 0 Å². The van der Waals surface area contributed by atoms with Crippen LogP contribution in [-0.4, -0.2) is 63.5 Å². The third-order valence-electron chi connectivity index (χ3n) is 3.68. The second-order valence-electron chi connectivity index (χ2n) is 6.78. The molecule has 0 saturated heterocycles. The predicted molar refractivity (Wildman–Crippen MR) is 144 cm³/mol. The molecule has 0 radical (unpaired) electrons. The molecule has 1 rings (SSSR count). The van der Waals surface area contributed by atoms with Gasteiger partial charge in [0.05, 0.1) is 26.4 Å². The Morgan fingerprint density at radius 3 is 2.00 bits per heavy atom. The highest BCUT2D eigenvalue weighted by Crippen LogP contribution is 2.02. The highest BCUT2D eigenvalue weighted by molar-refractivity contribution is 5.86. The molecule has 0 spiro atoms. The van der Waals surface area contributed by atoms with Gasteiger partial charge < -0.3 is 36.3 Å². The van der Waals surface area contributed by atoms with Crippen LogP contribution in [0.1, 0.15) is 66.4 Å². The molecule has 0 fully saturated rings. The standard InChI is InChI=1S/C19H30N4O6.C3H8.2C2H6/c20-8-10-27-12-13-28-11-9-22-18(25)16(6-7-17(21)24)23-19(26)29-14-15-4-2-1-3-5-15;1-3-2;2*1-2/h1-5,16H,6-14,20H2,(H2,21,24)(H,22,25)(H,23,26);3H2,1-2H3;2*1-2H3. The Hall–Kier alpha value is -2.69. The maximum Gasteiger partial charge on any atom is 0.408 e. The van der Waals surface area contributed by atoms with Gasteiger partial charge in [-0.15, -0.1) is 0 Å². The lowest BCUT2D eigenvalue weighted by molar-refractivity contribution is -0.123. The molecule has 0 aliphatic rings. The zero-order chi connectivity index (χ0) is 28.0. The molecule has 1 aromatic rings. The van der Waals surface area contributed by atoms with Crippen LogP contribution in [0, 0.1) is 0 Å². The van der Waals surface area contributed by atoms with E-state index in [1.54, 1.807) is 0 Å². The molecule has 10 heteroatoms. The number of hydrogen-bond donors (Lipinski definition) is 4. The van der Waals surface area contributed by atoms with E-state index in [-0.39, 0.29) is 32.6 Å². The number of amides is 3. The van der Waals surface area contributed by atoms with Gasteiger partial charge in [-0.1, -0.05) is 78.3 Å². The lowest BCUT2D eigenvalue weighted by Gasteiger charge is -2.18. The molecule has 0 bridgehead atoms. The summed E-state index contributed by atoms with van der Waals surface area (Å²) in [6, 6.07) is 8.18. The molecule has 1 aromatic carbocycles. The fourth-order valence-electron chi connectivity index (χ4n) is 2.24. The Kier molecular flexibility index (Phi) is 31.9. The normalized spacial score (nSPS) is 10.1. The number of hydrogen-bond acceptors (Lipinski definition) is 7. The maximum absolute atomic E-state index is 12.3. The van der Waals surface area contributed by atoms with Crippen LogP contribution in [0.5, 0.6) is 0 Å². The predicted octanol–water partition coefficient (Wildman–Crippen LogP) is 3.12. The van der Waals surface area contributed by atoms with Crippen LogP contribution in [0.3, 0.4) is 0 Å². The molecule has 0 aliphatic carbocycles. The number of ether oxygens (including phenoxy) is 3. The molecule has 1 unspecified atom stereocenters. The van der Waals surface area contributed by atoms with Crippen LogP contribution in [-0.2, 0) is 30.4 Å². The van der Waals surface area contributed by atoms with E-state index in [4.69, 9.17) is 25.7 Å². The monoisotopic (exact) mass is 514 g/mol. The lowest BCUT2D eigenvalue weighted by Crippen LogP contribution is -2.48. The molecule has 0 aromatic heterocycles. The number of benzene rings is 1. The van der Waals surface area contributed by atoms with Crippen molar-refractivity contribution < 1.29 is 28.6 Å². The fourth-order valence-corrected chi connectivity index (χ4v) is 2.24. The van der Waals surface area contributed by atoms with E-state index in [2.05, 4.69) is 24.5 Å². The molecular formula is C26H50N4O6. The molecule has 36 heavy (non-hydrogen) atoms. The van der Waals surface area contributed by atoms with Crippen molar-refractivity contribution in [3.63, 3.8) is 0 Å². The first-order valence-corrected chi connectivity index (χ1v) is 12.8. The van der Waals surface area contributed by atoms with E-state index >= 15 is 0 Å². The summed E-state index contributed by atoms with van der Waals surface area (Å²) in [7, 11) is 0. The SMILES string of the molecule is CC.CC.CCC.NCCOCCOCCNC(=O)C(CCC(N)=O)NC(=O)OCc1ccccc1. The third kappa shape index (κ3) is 25.9. The van der Waals surface area contributed by atoms with Crippen LogP contribution < -0.4 is 22.1 Å². The van der Waals surface area contributed by atoms with Crippen molar-refractivity contribution in [3.8, 4) is 0 Å². The van der Waals surface area contributed by atoms with Gasteiger partial charge in [-0.2, -0.15) is 0 Å². The average molecular weight is 515 g/mol. The Morgan fingerprint density at radius 2 is 1.47 bits per heavy atom. The topological polar surface area (TPSA) is 155 Å². The summed E-state index contributed by atoms with van der Waals surface area (Å²) < 4.78 is 15.6. The van der Waals surface area contributed by atoms with Crippen LogP contribution in [0.15, 0.2) is 30.3 Å². The smallest absolute Gasteiger partial charge is 0.408 e. The van der Waals surface area contributed by atoms with Crippen molar-refractivity contribution in [2.75, 3.05) is 39.5 Å². The quantitative estimate of drug-likeness (QED) is 0.262. The van der Waals surface area contributed by atoms with Gasteiger partial charge in [-0.25, -0.2) is 4.79 Å². The van der Waals surface area contributed by atoms with E-state index in [1.807, 2.05) is 58.0 Å². The van der Waals surface area contributed by atoms with Gasteiger partial charge in [-0.3, -0.25) is 9.59 Å². The van der Waals surface area contributed by atoms with Gasteiger partial charge >= 0.3 is 6.09 Å². The third-order valence-corrected chi connectivity index (χ3v) is 3.68. The maximum atomic E-state index is 12.3. The molecule has 1 atom stereocenters. The number of rotatable bonds is 15. The van der Waals surface area contributed by atoms with Gasteiger partial charge in [0.1, 0.15) is 12.6 Å². The van der Waals surface area contributed by atoms with Gasteiger partial charge in [0.15, 0.2) is 0 Å². The first-order valence-electron chi connectivity index (χ1n) is 12.8. The molecule has 0 saturated carbocycles. The molecule has 0 heterocycles. The molecule has 210 valence electrons. The van der Waals surface area contributed by atoms with Crippen LogP contribution >= 0.6 is 0 Å². The van der Waals surface area contributed by atoms with Crippen molar-refractivity contribution >= 4 is 17.9 Å². The average Bonchev–Trinajstić information content (AvgIpc) is 2.90. The van der Waals surface area contributed by atoms with Crippen molar-refractivity contribution in [2.24, 2.45) is 11.5 Å². The summed E-state index contributed by atoms with van der Waals surface area (Å²) in [5.41, 5.74) is 11.3. The summed E-state index contributed by atoms with van der Waals surface area (Å²) >= 11 is 0. The second-order valence-corrected chi connectivity index (χ2v) is 6.78. The first-order chi connectivity index (χ1) is 17.4. The molecule has 6 N–H and O–H groups in total. The summed E-state index contributed by atoms with van der Waals surface area (Å²) in [6.07, 6.45) is 0.508. The minimum atomic E-state index is -0.946. The van der Waals surface area contributed by atoms with Crippen molar-refractivity contribution in [1.82, 2.24) is 10.6 Å². The Labute approximate surface area is 217 Å². The number of carbonyl (C=O) groups excluding carboxylic acids is 3. The number of nitrogens with one attached hydrogen (secondary N) is 2. The minimum absolute atomic E-state index is 0.0496. The van der Waals surface area contributed by atoms with Gasteiger partial charge in [0.2, 0.25) is 11.8 Å². The largest absolute Gasteiger partial charge is 0.445 e. The summed E-state index contributed by atoms with van der Waals surface area (Å²) in [5.74, 6) is -1.02. The highest BCUT2D eigenvalue weighted by atomic mass is 16.5. The number of nitrogens with two attached hydrogens (primary N) is 2. The summed E-state index contributed by atoms with van der Waals surface area (Å²) in [5, 5.41) is 5.10. The van der Waals surface area contributed by atoms with E-state index in [0.29, 0.717) is 26.4 Å². The zero-order valence-electron chi connectivity index (χ0n) is 23.1. The fraction of sp³-hybridized carbons (Fsp3) is 0.654. The zero-order valence-corrected chi connectivity index (χ0v) is 23.1. The number of primary amides is 1. The Balaban J connectivity index is -0.00000141. The van der Waals surface area contributed by atoms with Gasteiger partial charge in [-0.05, 0) is 12.0 Å². The van der Waals surface area contributed by atoms with Crippen LogP contribution in [0.25, 0.3) is 0 Å². The van der Waals surface area contributed by atoms with Crippen molar-refractivity contribution in [2.45, 2.75) is 73.5 Å². The molecular weight excluding hydrogens is 464 g/mol. The lowest BCUT2D eigenvalue weighted by atomic mass is 10.1. The number of alkyl carbamates (subject to hydrolysis) is 1. The second kappa shape index (κ2) is 30.3. The minimum Gasteiger partial charge on any atom is -0.445 e.